The summed E-state index contributed by atoms with van der Waals surface area (Å²) in [7, 11) is -0.803. The Morgan fingerprint density at radius 2 is 1.82 bits per heavy atom. The maximum atomic E-state index is 12.3. The van der Waals surface area contributed by atoms with Gasteiger partial charge >= 0.3 is 0 Å². The van der Waals surface area contributed by atoms with Gasteiger partial charge in [-0.25, -0.2) is 12.7 Å². The van der Waals surface area contributed by atoms with Gasteiger partial charge in [0.15, 0.2) is 0 Å². The average Bonchev–Trinajstić information content (AvgIpc) is 2.48. The maximum absolute atomic E-state index is 12.3. The third-order valence-electron chi connectivity index (χ3n) is 2.90. The van der Waals surface area contributed by atoms with Crippen molar-refractivity contribution in [2.45, 2.75) is 4.90 Å². The highest BCUT2D eigenvalue weighted by atomic mass is 35.5. The molecule has 0 aliphatic carbocycles. The molecular weight excluding hydrogens is 326 g/mol. The smallest absolute Gasteiger partial charge is 0.257 e. The van der Waals surface area contributed by atoms with E-state index in [1.165, 1.54) is 44.7 Å². The van der Waals surface area contributed by atoms with Crippen LogP contribution in [0.2, 0.25) is 5.02 Å². The van der Waals surface area contributed by atoms with Crippen LogP contribution in [0.15, 0.2) is 47.6 Å². The molecule has 2 rings (SSSR count). The Kier molecular flexibility index (Phi) is 4.80. The summed E-state index contributed by atoms with van der Waals surface area (Å²) in [5.74, 6) is -0.494. The van der Waals surface area contributed by atoms with Gasteiger partial charge < -0.3 is 5.32 Å². The molecule has 0 bridgehead atoms. The number of benzene rings is 1. The Labute approximate surface area is 133 Å². The lowest BCUT2D eigenvalue weighted by Crippen LogP contribution is -2.23. The minimum Gasteiger partial charge on any atom is -0.322 e. The minimum atomic E-state index is -3.64. The molecule has 1 heterocycles. The van der Waals surface area contributed by atoms with Gasteiger partial charge in [-0.2, -0.15) is 0 Å². The number of carbonyl (C=O) groups excluding carboxylic acids is 1. The fourth-order valence-electron chi connectivity index (χ4n) is 1.68. The number of hydrogen-bond donors (Lipinski definition) is 1. The van der Waals surface area contributed by atoms with Gasteiger partial charge in [0.25, 0.3) is 5.91 Å². The van der Waals surface area contributed by atoms with Gasteiger partial charge in [-0.05, 0) is 30.3 Å². The maximum Gasteiger partial charge on any atom is 0.257 e. The second-order valence-corrected chi connectivity index (χ2v) is 7.18. The zero-order valence-electron chi connectivity index (χ0n) is 11.9. The first-order chi connectivity index (χ1) is 10.3. The monoisotopic (exact) mass is 339 g/mol. The van der Waals surface area contributed by atoms with Crippen LogP contribution in [0.5, 0.6) is 0 Å². The van der Waals surface area contributed by atoms with Crippen LogP contribution in [0.4, 0.5) is 5.69 Å². The molecule has 0 unspecified atom stereocenters. The lowest BCUT2D eigenvalue weighted by atomic mass is 10.2. The molecule has 0 fully saturated rings. The SMILES string of the molecule is CN(C)S(=O)(=O)c1ccc(Cl)c(C(=O)Nc2ccncc2)c1. The number of amides is 1. The normalized spacial score (nSPS) is 11.5. The Bertz CT molecular complexity index is 792. The van der Waals surface area contributed by atoms with E-state index in [1.54, 1.807) is 12.1 Å². The molecule has 0 saturated heterocycles. The molecule has 6 nitrogen and oxygen atoms in total. The van der Waals surface area contributed by atoms with Gasteiger partial charge in [-0.1, -0.05) is 11.6 Å². The van der Waals surface area contributed by atoms with E-state index in [9.17, 15) is 13.2 Å². The molecule has 1 amide bonds. The molecule has 0 saturated carbocycles. The Morgan fingerprint density at radius 3 is 2.41 bits per heavy atom. The van der Waals surface area contributed by atoms with Crippen molar-refractivity contribution in [1.82, 2.24) is 9.29 Å². The molecule has 1 aromatic carbocycles. The molecule has 8 heteroatoms. The number of nitrogens with one attached hydrogen (secondary N) is 1. The van der Waals surface area contributed by atoms with Crippen molar-refractivity contribution in [2.24, 2.45) is 0 Å². The summed E-state index contributed by atoms with van der Waals surface area (Å²) < 4.78 is 25.3. The van der Waals surface area contributed by atoms with Crippen LogP contribution in [-0.2, 0) is 10.0 Å². The van der Waals surface area contributed by atoms with Gasteiger partial charge in [-0.15, -0.1) is 0 Å². The predicted octanol–water partition coefficient (Wildman–Crippen LogP) is 2.24. The Balaban J connectivity index is 2.37. The fraction of sp³-hybridized carbons (Fsp3) is 0.143. The van der Waals surface area contributed by atoms with E-state index >= 15 is 0 Å². The van der Waals surface area contributed by atoms with Crippen molar-refractivity contribution in [3.8, 4) is 0 Å². The summed E-state index contributed by atoms with van der Waals surface area (Å²) in [6.45, 7) is 0. The summed E-state index contributed by atoms with van der Waals surface area (Å²) in [6.07, 6.45) is 3.06. The van der Waals surface area contributed by atoms with Gasteiger partial charge in [0.05, 0.1) is 15.5 Å². The summed E-state index contributed by atoms with van der Waals surface area (Å²) >= 11 is 6.01. The summed E-state index contributed by atoms with van der Waals surface area (Å²) in [5, 5.41) is 2.81. The van der Waals surface area contributed by atoms with Crippen molar-refractivity contribution in [2.75, 3.05) is 19.4 Å². The standard InChI is InChI=1S/C14H14ClN3O3S/c1-18(2)22(20,21)11-3-4-13(15)12(9-11)14(19)17-10-5-7-16-8-6-10/h3-9H,1-2H3,(H,16,17,19). The molecule has 0 spiro atoms. The second kappa shape index (κ2) is 6.43. The zero-order chi connectivity index (χ0) is 16.3. The van der Waals surface area contributed by atoms with E-state index < -0.39 is 15.9 Å². The van der Waals surface area contributed by atoms with Crippen molar-refractivity contribution >= 4 is 33.2 Å². The number of halogens is 1. The van der Waals surface area contributed by atoms with Crippen LogP contribution >= 0.6 is 11.6 Å². The number of sulfonamides is 1. The number of hydrogen-bond acceptors (Lipinski definition) is 4. The van der Waals surface area contributed by atoms with E-state index in [2.05, 4.69) is 10.3 Å². The first kappa shape index (κ1) is 16.4. The van der Waals surface area contributed by atoms with Crippen LogP contribution < -0.4 is 5.32 Å². The highest BCUT2D eigenvalue weighted by Crippen LogP contribution is 2.23. The van der Waals surface area contributed by atoms with Crippen molar-refractivity contribution in [3.63, 3.8) is 0 Å². The van der Waals surface area contributed by atoms with Crippen LogP contribution in [0.25, 0.3) is 0 Å². The topological polar surface area (TPSA) is 79.4 Å². The van der Waals surface area contributed by atoms with Crippen LogP contribution in [0.1, 0.15) is 10.4 Å². The van der Waals surface area contributed by atoms with E-state index in [0.29, 0.717) is 5.69 Å². The molecule has 1 N–H and O–H groups in total. The third-order valence-corrected chi connectivity index (χ3v) is 5.04. The van der Waals surface area contributed by atoms with Crippen LogP contribution in [0, 0.1) is 0 Å². The summed E-state index contributed by atoms with van der Waals surface area (Å²) in [5.41, 5.74) is 0.623. The number of rotatable bonds is 4. The number of aromatic nitrogens is 1. The van der Waals surface area contributed by atoms with Crippen molar-refractivity contribution in [3.05, 3.63) is 53.3 Å². The lowest BCUT2D eigenvalue weighted by Gasteiger charge is -2.13. The minimum absolute atomic E-state index is 0.00165. The molecule has 0 radical (unpaired) electrons. The van der Waals surface area contributed by atoms with E-state index in [4.69, 9.17) is 11.6 Å². The number of carbonyl (C=O) groups is 1. The molecule has 0 aliphatic heterocycles. The number of nitrogens with zero attached hydrogens (tertiary/aromatic N) is 2. The number of pyridine rings is 1. The highest BCUT2D eigenvalue weighted by Gasteiger charge is 2.20. The van der Waals surface area contributed by atoms with Gasteiger partial charge in [0.2, 0.25) is 10.0 Å². The molecule has 22 heavy (non-hydrogen) atoms. The second-order valence-electron chi connectivity index (χ2n) is 4.62. The van der Waals surface area contributed by atoms with Crippen molar-refractivity contribution < 1.29 is 13.2 Å². The first-order valence-corrected chi connectivity index (χ1v) is 8.07. The predicted molar refractivity (Wildman–Crippen MR) is 84.5 cm³/mol. The zero-order valence-corrected chi connectivity index (χ0v) is 13.5. The van der Waals surface area contributed by atoms with Gasteiger partial charge in [-0.3, -0.25) is 9.78 Å². The number of anilines is 1. The van der Waals surface area contributed by atoms with E-state index in [1.807, 2.05) is 0 Å². The van der Waals surface area contributed by atoms with Crippen LogP contribution in [-0.4, -0.2) is 37.7 Å². The largest absolute Gasteiger partial charge is 0.322 e. The molecular formula is C14H14ClN3O3S. The molecule has 2 aromatic rings. The Hall–Kier alpha value is -1.96. The molecule has 0 aliphatic rings. The van der Waals surface area contributed by atoms with E-state index in [-0.39, 0.29) is 15.5 Å². The van der Waals surface area contributed by atoms with Gasteiger partial charge in [0.1, 0.15) is 0 Å². The summed E-state index contributed by atoms with van der Waals surface area (Å²) in [4.78, 5) is 16.1. The summed E-state index contributed by atoms with van der Waals surface area (Å²) in [6, 6.07) is 7.24. The quantitative estimate of drug-likeness (QED) is 0.926. The first-order valence-electron chi connectivity index (χ1n) is 6.26. The van der Waals surface area contributed by atoms with E-state index in [0.717, 1.165) is 4.31 Å². The highest BCUT2D eigenvalue weighted by molar-refractivity contribution is 7.89. The van der Waals surface area contributed by atoms with Crippen LogP contribution in [0.3, 0.4) is 0 Å². The molecule has 116 valence electrons. The van der Waals surface area contributed by atoms with Crippen molar-refractivity contribution in [1.29, 1.82) is 0 Å². The lowest BCUT2D eigenvalue weighted by molar-refractivity contribution is 0.102. The third kappa shape index (κ3) is 3.44. The molecule has 1 aromatic heterocycles. The fourth-order valence-corrected chi connectivity index (χ4v) is 2.82. The average molecular weight is 340 g/mol. The molecule has 0 atom stereocenters. The Morgan fingerprint density at radius 1 is 1.18 bits per heavy atom. The van der Waals surface area contributed by atoms with Gasteiger partial charge in [0, 0.05) is 32.2 Å².